The molecule has 0 bridgehead atoms. The Morgan fingerprint density at radius 3 is 2.56 bits per heavy atom. The van der Waals surface area contributed by atoms with Crippen LogP contribution in [-0.4, -0.2) is 47.5 Å². The van der Waals surface area contributed by atoms with Crippen molar-refractivity contribution >= 4 is 0 Å². The quantitative estimate of drug-likeness (QED) is 0.539. The molecular formula is C13H27NO2. The number of hydrogen-bond acceptors (Lipinski definition) is 3. The van der Waals surface area contributed by atoms with Gasteiger partial charge in [-0.15, -0.1) is 0 Å². The predicted octanol–water partition coefficient (Wildman–Crippen LogP) is 1.77. The number of aliphatic hydroxyl groups is 2. The van der Waals surface area contributed by atoms with E-state index >= 15 is 0 Å². The number of rotatable bonds is 6. The van der Waals surface area contributed by atoms with E-state index in [-0.39, 0.29) is 6.10 Å². The molecule has 0 spiro atoms. The second kappa shape index (κ2) is 8.04. The van der Waals surface area contributed by atoms with E-state index in [1.165, 1.54) is 19.3 Å². The van der Waals surface area contributed by atoms with Crippen LogP contribution in [0.2, 0.25) is 0 Å². The smallest absolute Gasteiger partial charge is 0.0695 e. The fourth-order valence-electron chi connectivity index (χ4n) is 2.60. The maximum absolute atomic E-state index is 10.0. The van der Waals surface area contributed by atoms with Gasteiger partial charge in [0.15, 0.2) is 0 Å². The zero-order valence-corrected chi connectivity index (χ0v) is 10.6. The van der Waals surface area contributed by atoms with Gasteiger partial charge in [0.2, 0.25) is 0 Å². The third-order valence-corrected chi connectivity index (χ3v) is 3.68. The maximum Gasteiger partial charge on any atom is 0.0695 e. The van der Waals surface area contributed by atoms with E-state index in [4.69, 9.17) is 5.11 Å². The molecule has 0 amide bonds. The molecule has 1 aliphatic rings. The van der Waals surface area contributed by atoms with Crippen molar-refractivity contribution in [3.8, 4) is 0 Å². The topological polar surface area (TPSA) is 43.7 Å². The molecule has 1 aliphatic carbocycles. The molecule has 0 aliphatic heterocycles. The second-order valence-electron chi connectivity index (χ2n) is 5.04. The van der Waals surface area contributed by atoms with Crippen molar-refractivity contribution < 1.29 is 10.2 Å². The van der Waals surface area contributed by atoms with Crippen LogP contribution in [-0.2, 0) is 0 Å². The third kappa shape index (κ3) is 4.81. The minimum absolute atomic E-state index is 0.134. The molecule has 0 aromatic heterocycles. The largest absolute Gasteiger partial charge is 0.396 e. The number of unbranched alkanes of at least 4 members (excludes halogenated alkanes) is 2. The van der Waals surface area contributed by atoms with Crippen LogP contribution in [0.15, 0.2) is 0 Å². The second-order valence-corrected chi connectivity index (χ2v) is 5.04. The Kier molecular flexibility index (Phi) is 7.01. The van der Waals surface area contributed by atoms with E-state index in [0.717, 1.165) is 38.6 Å². The zero-order chi connectivity index (χ0) is 11.8. The molecule has 3 nitrogen and oxygen atoms in total. The molecule has 2 N–H and O–H groups in total. The molecule has 2 atom stereocenters. The van der Waals surface area contributed by atoms with Crippen molar-refractivity contribution in [3.63, 3.8) is 0 Å². The molecule has 3 heteroatoms. The summed E-state index contributed by atoms with van der Waals surface area (Å²) in [6.45, 7) is 1.34. The average molecular weight is 229 g/mol. The van der Waals surface area contributed by atoms with Gasteiger partial charge in [0.25, 0.3) is 0 Å². The normalized spacial score (nSPS) is 27.0. The van der Waals surface area contributed by atoms with Crippen LogP contribution in [0.25, 0.3) is 0 Å². The average Bonchev–Trinajstić information content (AvgIpc) is 2.49. The minimum atomic E-state index is -0.134. The molecule has 0 aromatic carbocycles. The zero-order valence-electron chi connectivity index (χ0n) is 10.6. The van der Waals surface area contributed by atoms with Crippen molar-refractivity contribution in [3.05, 3.63) is 0 Å². The van der Waals surface area contributed by atoms with Gasteiger partial charge in [0, 0.05) is 12.6 Å². The van der Waals surface area contributed by atoms with Crippen LogP contribution in [0.4, 0.5) is 0 Å². The van der Waals surface area contributed by atoms with E-state index in [1.807, 2.05) is 0 Å². The van der Waals surface area contributed by atoms with Gasteiger partial charge in [-0.1, -0.05) is 19.3 Å². The lowest BCUT2D eigenvalue weighted by atomic mass is 10.0. The first-order chi connectivity index (χ1) is 7.75. The van der Waals surface area contributed by atoms with Gasteiger partial charge in [-0.2, -0.15) is 0 Å². The Hall–Kier alpha value is -0.120. The standard InChI is InChI=1S/C13H27NO2/c1-14(10-6-3-7-11-15)12-8-4-2-5-9-13(12)16/h12-13,15-16H,2-11H2,1H3. The monoisotopic (exact) mass is 229 g/mol. The summed E-state index contributed by atoms with van der Waals surface area (Å²) in [6.07, 6.45) is 8.78. The van der Waals surface area contributed by atoms with Gasteiger partial charge in [-0.05, 0) is 45.7 Å². The van der Waals surface area contributed by atoms with E-state index < -0.39 is 0 Å². The molecule has 0 radical (unpaired) electrons. The summed E-state index contributed by atoms with van der Waals surface area (Å²) in [5.74, 6) is 0. The van der Waals surface area contributed by atoms with E-state index in [2.05, 4.69) is 11.9 Å². The summed E-state index contributed by atoms with van der Waals surface area (Å²) in [6, 6.07) is 0.358. The van der Waals surface area contributed by atoms with Crippen LogP contribution in [0.1, 0.15) is 51.4 Å². The summed E-state index contributed by atoms with van der Waals surface area (Å²) in [7, 11) is 2.12. The molecule has 1 rings (SSSR count). The van der Waals surface area contributed by atoms with Gasteiger partial charge in [-0.3, -0.25) is 0 Å². The first-order valence-electron chi connectivity index (χ1n) is 6.75. The van der Waals surface area contributed by atoms with Crippen molar-refractivity contribution in [2.24, 2.45) is 0 Å². The molecule has 2 unspecified atom stereocenters. The molecule has 0 aromatic rings. The number of nitrogens with zero attached hydrogens (tertiary/aromatic N) is 1. The van der Waals surface area contributed by atoms with Crippen LogP contribution >= 0.6 is 0 Å². The lowest BCUT2D eigenvalue weighted by molar-refractivity contribution is 0.0570. The van der Waals surface area contributed by atoms with E-state index in [0.29, 0.717) is 12.6 Å². The van der Waals surface area contributed by atoms with E-state index in [1.54, 1.807) is 0 Å². The van der Waals surface area contributed by atoms with Gasteiger partial charge in [-0.25, -0.2) is 0 Å². The van der Waals surface area contributed by atoms with Crippen molar-refractivity contribution in [1.82, 2.24) is 4.90 Å². The summed E-state index contributed by atoms with van der Waals surface area (Å²) >= 11 is 0. The maximum atomic E-state index is 10.0. The van der Waals surface area contributed by atoms with Gasteiger partial charge >= 0.3 is 0 Å². The van der Waals surface area contributed by atoms with Crippen LogP contribution in [0.3, 0.4) is 0 Å². The van der Waals surface area contributed by atoms with Crippen LogP contribution in [0.5, 0.6) is 0 Å². The number of hydrogen-bond donors (Lipinski definition) is 2. The molecule has 16 heavy (non-hydrogen) atoms. The Morgan fingerprint density at radius 1 is 1.06 bits per heavy atom. The summed E-state index contributed by atoms with van der Waals surface area (Å²) in [5, 5.41) is 18.7. The van der Waals surface area contributed by atoms with Crippen molar-refractivity contribution in [2.75, 3.05) is 20.2 Å². The molecule has 0 saturated heterocycles. The fraction of sp³-hybridized carbons (Fsp3) is 1.00. The highest BCUT2D eigenvalue weighted by Crippen LogP contribution is 2.21. The van der Waals surface area contributed by atoms with Crippen LogP contribution in [0, 0.1) is 0 Å². The lowest BCUT2D eigenvalue weighted by Gasteiger charge is -2.30. The summed E-state index contributed by atoms with van der Waals surface area (Å²) < 4.78 is 0. The Morgan fingerprint density at radius 2 is 1.81 bits per heavy atom. The number of likely N-dealkylation sites (N-methyl/N-ethyl adjacent to an activating group) is 1. The summed E-state index contributed by atoms with van der Waals surface area (Å²) in [4.78, 5) is 2.31. The highest BCUT2D eigenvalue weighted by atomic mass is 16.3. The highest BCUT2D eigenvalue weighted by Gasteiger charge is 2.24. The van der Waals surface area contributed by atoms with Crippen molar-refractivity contribution in [2.45, 2.75) is 63.5 Å². The first kappa shape index (κ1) is 13.9. The molecule has 1 fully saturated rings. The minimum Gasteiger partial charge on any atom is -0.396 e. The lowest BCUT2D eigenvalue weighted by Crippen LogP contribution is -2.41. The Bertz CT molecular complexity index is 175. The van der Waals surface area contributed by atoms with Gasteiger partial charge < -0.3 is 15.1 Å². The summed E-state index contributed by atoms with van der Waals surface area (Å²) in [5.41, 5.74) is 0. The molecular weight excluding hydrogens is 202 g/mol. The predicted molar refractivity (Wildman–Crippen MR) is 66.4 cm³/mol. The molecule has 1 saturated carbocycles. The number of aliphatic hydroxyl groups excluding tert-OH is 2. The highest BCUT2D eigenvalue weighted by molar-refractivity contribution is 4.79. The molecule has 0 heterocycles. The van der Waals surface area contributed by atoms with Crippen molar-refractivity contribution in [1.29, 1.82) is 0 Å². The van der Waals surface area contributed by atoms with E-state index in [9.17, 15) is 5.11 Å². The Labute approximate surface area is 99.5 Å². The SMILES string of the molecule is CN(CCCCCO)C1CCCCCC1O. The van der Waals surface area contributed by atoms with Crippen LogP contribution < -0.4 is 0 Å². The Balaban J connectivity index is 2.24. The van der Waals surface area contributed by atoms with Gasteiger partial charge in [0.05, 0.1) is 6.10 Å². The first-order valence-corrected chi connectivity index (χ1v) is 6.75. The third-order valence-electron chi connectivity index (χ3n) is 3.68. The van der Waals surface area contributed by atoms with Gasteiger partial charge in [0.1, 0.15) is 0 Å². The fourth-order valence-corrected chi connectivity index (χ4v) is 2.60. The molecule has 96 valence electrons.